The number of nitrogens with zero attached hydrogens (tertiary/aromatic N) is 3. The van der Waals surface area contributed by atoms with Crippen molar-refractivity contribution in [2.75, 3.05) is 0 Å². The number of carbonyl (C=O) groups is 1. The molecule has 3 rings (SSSR count). The summed E-state index contributed by atoms with van der Waals surface area (Å²) < 4.78 is 3.42. The van der Waals surface area contributed by atoms with Crippen molar-refractivity contribution in [3.63, 3.8) is 0 Å². The molecule has 0 saturated carbocycles. The van der Waals surface area contributed by atoms with Crippen molar-refractivity contribution in [2.24, 2.45) is 0 Å². The van der Waals surface area contributed by atoms with Crippen LogP contribution >= 0.6 is 31.9 Å². The van der Waals surface area contributed by atoms with Crippen LogP contribution in [0.1, 0.15) is 10.4 Å². The quantitative estimate of drug-likeness (QED) is 0.718. The van der Waals surface area contributed by atoms with Gasteiger partial charge in [0.25, 0.3) is 0 Å². The lowest BCUT2D eigenvalue weighted by atomic mass is 10.2. The Morgan fingerprint density at radius 1 is 1.15 bits per heavy atom. The van der Waals surface area contributed by atoms with Crippen LogP contribution in [0.3, 0.4) is 0 Å². The van der Waals surface area contributed by atoms with E-state index in [1.165, 1.54) is 12.3 Å². The number of halogens is 2. The van der Waals surface area contributed by atoms with E-state index in [9.17, 15) is 4.79 Å². The second kappa shape index (κ2) is 4.99. The van der Waals surface area contributed by atoms with E-state index in [0.717, 1.165) is 14.5 Å². The maximum atomic E-state index is 11.1. The number of fused-ring (bicyclic) bond motifs is 1. The van der Waals surface area contributed by atoms with Crippen molar-refractivity contribution >= 4 is 43.5 Å². The van der Waals surface area contributed by atoms with Crippen LogP contribution in [0, 0.1) is 0 Å². The summed E-state index contributed by atoms with van der Waals surface area (Å²) in [5.74, 6) is -0.406. The number of carboxylic acids is 1. The van der Waals surface area contributed by atoms with Crippen LogP contribution in [0.2, 0.25) is 0 Å². The zero-order valence-corrected chi connectivity index (χ0v) is 13.1. The van der Waals surface area contributed by atoms with Crippen LogP contribution in [0.25, 0.3) is 17.0 Å². The molecule has 0 fully saturated rings. The number of hydrogen-bond acceptors (Lipinski definition) is 3. The van der Waals surface area contributed by atoms with Gasteiger partial charge in [0.05, 0.1) is 5.56 Å². The molecule has 0 aliphatic carbocycles. The van der Waals surface area contributed by atoms with Crippen LogP contribution in [0.5, 0.6) is 0 Å². The molecule has 3 aromatic rings. The highest BCUT2D eigenvalue weighted by Gasteiger charge is 2.13. The number of hydrogen-bond donors (Lipinski definition) is 1. The molecule has 100 valence electrons. The average molecular weight is 397 g/mol. The molecule has 5 nitrogen and oxygen atoms in total. The first-order valence-corrected chi connectivity index (χ1v) is 7.18. The van der Waals surface area contributed by atoms with Gasteiger partial charge in [0.2, 0.25) is 0 Å². The Labute approximate surface area is 130 Å². The first-order valence-electron chi connectivity index (χ1n) is 5.60. The summed E-state index contributed by atoms with van der Waals surface area (Å²) >= 11 is 6.88. The van der Waals surface area contributed by atoms with E-state index >= 15 is 0 Å². The average Bonchev–Trinajstić information content (AvgIpc) is 2.84. The largest absolute Gasteiger partial charge is 0.478 e. The summed E-state index contributed by atoms with van der Waals surface area (Å²) in [6.07, 6.45) is 1.51. The van der Waals surface area contributed by atoms with Crippen molar-refractivity contribution < 1.29 is 9.90 Å². The minimum absolute atomic E-state index is 0.185. The fourth-order valence-corrected chi connectivity index (χ4v) is 2.65. The molecule has 1 aromatic carbocycles. The van der Waals surface area contributed by atoms with Gasteiger partial charge in [0.15, 0.2) is 11.5 Å². The van der Waals surface area contributed by atoms with Crippen molar-refractivity contribution in [1.29, 1.82) is 0 Å². The summed E-state index contributed by atoms with van der Waals surface area (Å²) in [6, 6.07) is 8.83. The Bertz CT molecular complexity index is 830. The van der Waals surface area contributed by atoms with Gasteiger partial charge in [-0.05, 0) is 30.3 Å². The molecule has 0 bridgehead atoms. The SMILES string of the molecule is O=C(O)c1ccc2nnc(-c3cc(Br)ccc3Br)n2c1. The lowest BCUT2D eigenvalue weighted by molar-refractivity contribution is 0.0696. The zero-order chi connectivity index (χ0) is 14.3. The predicted octanol–water partition coefficient (Wildman–Crippen LogP) is 3.62. The second-order valence-electron chi connectivity index (χ2n) is 4.10. The minimum atomic E-state index is -0.986. The van der Waals surface area contributed by atoms with Crippen LogP contribution in [0.15, 0.2) is 45.5 Å². The number of carboxylic acid groups (broad SMARTS) is 1. The van der Waals surface area contributed by atoms with Crippen molar-refractivity contribution in [2.45, 2.75) is 0 Å². The summed E-state index contributed by atoms with van der Waals surface area (Å²) in [4.78, 5) is 11.1. The third kappa shape index (κ3) is 2.23. The highest BCUT2D eigenvalue weighted by molar-refractivity contribution is 9.11. The molecule has 0 amide bonds. The third-order valence-electron chi connectivity index (χ3n) is 2.82. The lowest BCUT2D eigenvalue weighted by Gasteiger charge is -2.04. The molecule has 20 heavy (non-hydrogen) atoms. The summed E-state index contributed by atoms with van der Waals surface area (Å²) in [6.45, 7) is 0. The molecular weight excluding hydrogens is 390 g/mol. The third-order valence-corrected chi connectivity index (χ3v) is 4.00. The van der Waals surface area contributed by atoms with E-state index in [1.54, 1.807) is 10.5 Å². The number of pyridine rings is 1. The molecular formula is C13H7Br2N3O2. The van der Waals surface area contributed by atoms with Gasteiger partial charge >= 0.3 is 5.97 Å². The summed E-state index contributed by atoms with van der Waals surface area (Å²) in [7, 11) is 0. The van der Waals surface area contributed by atoms with Gasteiger partial charge in [0, 0.05) is 20.7 Å². The molecule has 0 saturated heterocycles. The molecule has 7 heteroatoms. The Morgan fingerprint density at radius 3 is 2.70 bits per heavy atom. The van der Waals surface area contributed by atoms with E-state index in [2.05, 4.69) is 42.1 Å². The van der Waals surface area contributed by atoms with Gasteiger partial charge in [-0.2, -0.15) is 0 Å². The smallest absolute Gasteiger partial charge is 0.337 e. The van der Waals surface area contributed by atoms with E-state index in [0.29, 0.717) is 11.5 Å². The highest BCUT2D eigenvalue weighted by Crippen LogP contribution is 2.30. The maximum Gasteiger partial charge on any atom is 0.337 e. The number of aromatic carboxylic acids is 1. The first kappa shape index (κ1) is 13.3. The van der Waals surface area contributed by atoms with Gasteiger partial charge in [-0.1, -0.05) is 31.9 Å². The van der Waals surface area contributed by atoms with E-state index < -0.39 is 5.97 Å². The highest BCUT2D eigenvalue weighted by atomic mass is 79.9. The molecule has 1 N–H and O–H groups in total. The molecule has 0 aliphatic rings. The summed E-state index contributed by atoms with van der Waals surface area (Å²) in [5.41, 5.74) is 1.61. The van der Waals surface area contributed by atoms with Crippen molar-refractivity contribution in [3.05, 3.63) is 51.0 Å². The number of rotatable bonds is 2. The summed E-state index contributed by atoms with van der Waals surface area (Å²) in [5, 5.41) is 17.3. The Morgan fingerprint density at radius 2 is 1.95 bits per heavy atom. The van der Waals surface area contributed by atoms with Crippen LogP contribution in [-0.2, 0) is 0 Å². The molecule has 0 unspecified atom stereocenters. The predicted molar refractivity (Wildman–Crippen MR) is 80.8 cm³/mol. The van der Waals surface area contributed by atoms with Crippen LogP contribution in [-0.4, -0.2) is 25.7 Å². The Hall–Kier alpha value is -1.73. The fourth-order valence-electron chi connectivity index (χ4n) is 1.87. The van der Waals surface area contributed by atoms with Crippen molar-refractivity contribution in [1.82, 2.24) is 14.6 Å². The standard InChI is InChI=1S/C13H7Br2N3O2/c14-8-2-3-10(15)9(5-8)12-17-16-11-4-1-7(13(19)20)6-18(11)12/h1-6H,(H,19,20). The Balaban J connectivity index is 2.28. The maximum absolute atomic E-state index is 11.1. The van der Waals surface area contributed by atoms with E-state index in [-0.39, 0.29) is 5.56 Å². The van der Waals surface area contributed by atoms with Gasteiger partial charge in [-0.3, -0.25) is 4.40 Å². The fraction of sp³-hybridized carbons (Fsp3) is 0. The normalized spacial score (nSPS) is 10.9. The van der Waals surface area contributed by atoms with Gasteiger partial charge < -0.3 is 5.11 Å². The van der Waals surface area contributed by atoms with Crippen LogP contribution < -0.4 is 0 Å². The number of aromatic nitrogens is 3. The second-order valence-corrected chi connectivity index (χ2v) is 5.87. The first-order chi connectivity index (χ1) is 9.56. The lowest BCUT2D eigenvalue weighted by Crippen LogP contribution is -1.99. The molecule has 0 spiro atoms. The molecule has 0 aliphatic heterocycles. The van der Waals surface area contributed by atoms with Crippen molar-refractivity contribution in [3.8, 4) is 11.4 Å². The molecule has 2 heterocycles. The van der Waals surface area contributed by atoms with E-state index in [1.807, 2.05) is 18.2 Å². The Kier molecular flexibility index (Phi) is 3.31. The van der Waals surface area contributed by atoms with Gasteiger partial charge in [-0.25, -0.2) is 4.79 Å². The monoisotopic (exact) mass is 395 g/mol. The minimum Gasteiger partial charge on any atom is -0.478 e. The van der Waals surface area contributed by atoms with Gasteiger partial charge in [0.1, 0.15) is 0 Å². The zero-order valence-electron chi connectivity index (χ0n) is 9.92. The topological polar surface area (TPSA) is 67.5 Å². The van der Waals surface area contributed by atoms with Gasteiger partial charge in [-0.15, -0.1) is 10.2 Å². The van der Waals surface area contributed by atoms with Crippen LogP contribution in [0.4, 0.5) is 0 Å². The van der Waals surface area contributed by atoms with E-state index in [4.69, 9.17) is 5.11 Å². The molecule has 0 radical (unpaired) electrons. The number of benzene rings is 1. The molecule has 0 atom stereocenters. The molecule has 2 aromatic heterocycles.